The summed E-state index contributed by atoms with van der Waals surface area (Å²) < 4.78 is 0. The Morgan fingerprint density at radius 3 is 2.20 bits per heavy atom. The number of aromatic nitrogens is 2. The first kappa shape index (κ1) is 17.0. The molecule has 0 radical (unpaired) electrons. The molecule has 0 saturated carbocycles. The minimum absolute atomic E-state index is 0.0811. The molecule has 4 heteroatoms. The van der Waals surface area contributed by atoms with Crippen molar-refractivity contribution in [2.45, 2.75) is 33.2 Å². The molecule has 0 bridgehead atoms. The summed E-state index contributed by atoms with van der Waals surface area (Å²) in [7, 11) is 0. The Bertz CT molecular complexity index is 851. The van der Waals surface area contributed by atoms with Crippen LogP contribution < -0.4 is 10.6 Å². The molecule has 0 atom stereocenters. The quantitative estimate of drug-likeness (QED) is 0.671. The highest BCUT2D eigenvalue weighted by Gasteiger charge is 2.13. The van der Waals surface area contributed by atoms with Crippen LogP contribution in [0.25, 0.3) is 11.3 Å². The Kier molecular flexibility index (Phi) is 4.70. The Labute approximate surface area is 149 Å². The molecule has 2 N–H and O–H groups in total. The first-order valence-corrected chi connectivity index (χ1v) is 8.46. The molecule has 0 aliphatic heterocycles. The zero-order chi connectivity index (χ0) is 17.9. The van der Waals surface area contributed by atoms with Crippen molar-refractivity contribution in [1.82, 2.24) is 9.97 Å². The van der Waals surface area contributed by atoms with Crippen LogP contribution >= 0.6 is 0 Å². The van der Waals surface area contributed by atoms with E-state index in [1.807, 2.05) is 42.5 Å². The fourth-order valence-corrected chi connectivity index (χ4v) is 2.54. The number of nitrogens with zero attached hydrogens (tertiary/aromatic N) is 2. The third-order valence-corrected chi connectivity index (χ3v) is 3.69. The average Bonchev–Trinajstić information content (AvgIpc) is 2.56. The van der Waals surface area contributed by atoms with Crippen LogP contribution in [0.15, 0.2) is 60.7 Å². The molecule has 25 heavy (non-hydrogen) atoms. The second-order valence-electron chi connectivity index (χ2n) is 7.14. The summed E-state index contributed by atoms with van der Waals surface area (Å²) in [6.07, 6.45) is 0. The molecule has 0 unspecified atom stereocenters. The van der Waals surface area contributed by atoms with Crippen LogP contribution in [0.5, 0.6) is 0 Å². The maximum absolute atomic E-state index is 4.71. The number of aryl methyl sites for hydroxylation is 1. The molecular weight excluding hydrogens is 308 g/mol. The lowest BCUT2D eigenvalue weighted by atomic mass is 10.1. The number of hydrogen-bond acceptors (Lipinski definition) is 4. The van der Waals surface area contributed by atoms with Crippen LogP contribution in [-0.2, 0) is 0 Å². The normalized spacial score (nSPS) is 11.2. The second-order valence-corrected chi connectivity index (χ2v) is 7.14. The standard InChI is InChI=1S/C21H24N4/c1-15-10-8-9-13-17(15)22-20-23-18(16-11-6-5-7-12-16)14-19(24-20)25-21(2,3)4/h5-14H,1-4H3,(H2,22,23,24,25). The van der Waals surface area contributed by atoms with Crippen LogP contribution in [0, 0.1) is 6.92 Å². The van der Waals surface area contributed by atoms with E-state index in [1.54, 1.807) is 0 Å². The van der Waals surface area contributed by atoms with Gasteiger partial charge in [0.05, 0.1) is 5.69 Å². The molecule has 3 rings (SSSR count). The summed E-state index contributed by atoms with van der Waals surface area (Å²) in [6, 6.07) is 20.3. The van der Waals surface area contributed by atoms with Crippen molar-refractivity contribution >= 4 is 17.5 Å². The Morgan fingerprint density at radius 1 is 0.840 bits per heavy atom. The lowest BCUT2D eigenvalue weighted by molar-refractivity contribution is 0.630. The van der Waals surface area contributed by atoms with Crippen LogP contribution in [-0.4, -0.2) is 15.5 Å². The van der Waals surface area contributed by atoms with Gasteiger partial charge in [0.15, 0.2) is 0 Å². The minimum atomic E-state index is -0.0811. The predicted octanol–water partition coefficient (Wildman–Crippen LogP) is 5.41. The van der Waals surface area contributed by atoms with E-state index in [-0.39, 0.29) is 5.54 Å². The molecule has 0 aliphatic rings. The van der Waals surface area contributed by atoms with E-state index < -0.39 is 0 Å². The van der Waals surface area contributed by atoms with E-state index >= 15 is 0 Å². The minimum Gasteiger partial charge on any atom is -0.365 e. The van der Waals surface area contributed by atoms with Crippen molar-refractivity contribution < 1.29 is 0 Å². The third kappa shape index (κ3) is 4.57. The summed E-state index contributed by atoms with van der Waals surface area (Å²) >= 11 is 0. The average molecular weight is 332 g/mol. The van der Waals surface area contributed by atoms with Gasteiger partial charge in [0.1, 0.15) is 5.82 Å². The summed E-state index contributed by atoms with van der Waals surface area (Å²) in [5.74, 6) is 1.39. The SMILES string of the molecule is Cc1ccccc1Nc1nc(NC(C)(C)C)cc(-c2ccccc2)n1. The van der Waals surface area contributed by atoms with Crippen molar-refractivity contribution in [1.29, 1.82) is 0 Å². The zero-order valence-corrected chi connectivity index (χ0v) is 15.2. The number of rotatable bonds is 4. The number of benzene rings is 2. The molecule has 1 aromatic heterocycles. The molecule has 128 valence electrons. The first-order valence-electron chi connectivity index (χ1n) is 8.46. The molecule has 2 aromatic carbocycles. The Balaban J connectivity index is 2.02. The fourth-order valence-electron chi connectivity index (χ4n) is 2.54. The number of anilines is 3. The van der Waals surface area contributed by atoms with Gasteiger partial charge in [-0.15, -0.1) is 0 Å². The zero-order valence-electron chi connectivity index (χ0n) is 15.2. The van der Waals surface area contributed by atoms with Crippen LogP contribution in [0.2, 0.25) is 0 Å². The van der Waals surface area contributed by atoms with Gasteiger partial charge in [0.2, 0.25) is 5.95 Å². The molecule has 0 fully saturated rings. The van der Waals surface area contributed by atoms with Gasteiger partial charge in [-0.1, -0.05) is 48.5 Å². The van der Waals surface area contributed by atoms with Crippen molar-refractivity contribution in [3.05, 3.63) is 66.2 Å². The molecule has 3 aromatic rings. The van der Waals surface area contributed by atoms with Crippen molar-refractivity contribution in [3.8, 4) is 11.3 Å². The lowest BCUT2D eigenvalue weighted by Gasteiger charge is -2.22. The summed E-state index contributed by atoms with van der Waals surface area (Å²) in [4.78, 5) is 9.36. The maximum atomic E-state index is 4.71. The fraction of sp³-hybridized carbons (Fsp3) is 0.238. The van der Waals surface area contributed by atoms with Crippen molar-refractivity contribution in [2.24, 2.45) is 0 Å². The largest absolute Gasteiger partial charge is 0.365 e. The monoisotopic (exact) mass is 332 g/mol. The van der Waals surface area contributed by atoms with Gasteiger partial charge in [-0.3, -0.25) is 0 Å². The molecular formula is C21H24N4. The second kappa shape index (κ2) is 6.93. The van der Waals surface area contributed by atoms with Gasteiger partial charge in [-0.25, -0.2) is 4.98 Å². The van der Waals surface area contributed by atoms with E-state index in [4.69, 9.17) is 4.98 Å². The molecule has 0 amide bonds. The van der Waals surface area contributed by atoms with E-state index in [2.05, 4.69) is 61.5 Å². The predicted molar refractivity (Wildman–Crippen MR) is 105 cm³/mol. The van der Waals surface area contributed by atoms with Crippen molar-refractivity contribution in [2.75, 3.05) is 10.6 Å². The van der Waals surface area contributed by atoms with Gasteiger partial charge in [-0.2, -0.15) is 4.98 Å². The lowest BCUT2D eigenvalue weighted by Crippen LogP contribution is -2.26. The number of hydrogen-bond donors (Lipinski definition) is 2. The molecule has 1 heterocycles. The maximum Gasteiger partial charge on any atom is 0.229 e. The smallest absolute Gasteiger partial charge is 0.229 e. The third-order valence-electron chi connectivity index (χ3n) is 3.69. The van der Waals surface area contributed by atoms with Gasteiger partial charge in [-0.05, 0) is 39.3 Å². The summed E-state index contributed by atoms with van der Waals surface area (Å²) in [5, 5.41) is 6.79. The highest BCUT2D eigenvalue weighted by atomic mass is 15.2. The van der Waals surface area contributed by atoms with E-state index in [9.17, 15) is 0 Å². The number of para-hydroxylation sites is 1. The van der Waals surface area contributed by atoms with E-state index in [0.717, 1.165) is 28.3 Å². The summed E-state index contributed by atoms with van der Waals surface area (Å²) in [5.41, 5.74) is 4.03. The Hall–Kier alpha value is -2.88. The van der Waals surface area contributed by atoms with E-state index in [0.29, 0.717) is 5.95 Å². The molecule has 0 spiro atoms. The van der Waals surface area contributed by atoms with Crippen LogP contribution in [0.1, 0.15) is 26.3 Å². The van der Waals surface area contributed by atoms with Gasteiger partial charge >= 0.3 is 0 Å². The topological polar surface area (TPSA) is 49.8 Å². The van der Waals surface area contributed by atoms with E-state index in [1.165, 1.54) is 0 Å². The molecule has 0 saturated heterocycles. The molecule has 0 aliphatic carbocycles. The highest BCUT2D eigenvalue weighted by molar-refractivity contribution is 5.67. The Morgan fingerprint density at radius 2 is 1.52 bits per heavy atom. The van der Waals surface area contributed by atoms with Crippen LogP contribution in [0.4, 0.5) is 17.5 Å². The molecule has 4 nitrogen and oxygen atoms in total. The highest BCUT2D eigenvalue weighted by Crippen LogP contribution is 2.25. The van der Waals surface area contributed by atoms with Gasteiger partial charge in [0, 0.05) is 22.9 Å². The van der Waals surface area contributed by atoms with Crippen molar-refractivity contribution in [3.63, 3.8) is 0 Å². The van der Waals surface area contributed by atoms with Gasteiger partial charge < -0.3 is 10.6 Å². The van der Waals surface area contributed by atoms with Gasteiger partial charge in [0.25, 0.3) is 0 Å². The number of nitrogens with one attached hydrogen (secondary N) is 2. The first-order chi connectivity index (χ1) is 11.9. The van der Waals surface area contributed by atoms with Crippen LogP contribution in [0.3, 0.4) is 0 Å². The summed E-state index contributed by atoms with van der Waals surface area (Å²) in [6.45, 7) is 8.42.